The van der Waals surface area contributed by atoms with Crippen LogP contribution in [0.15, 0.2) is 24.3 Å². The summed E-state index contributed by atoms with van der Waals surface area (Å²) in [6.45, 7) is 4.02. The molecule has 1 aromatic rings. The molecule has 2 nitrogen and oxygen atoms in total. The first-order chi connectivity index (χ1) is 12.0. The fraction of sp³-hybridized carbons (Fsp3) is 0.700. The van der Waals surface area contributed by atoms with E-state index < -0.39 is 11.7 Å². The van der Waals surface area contributed by atoms with Gasteiger partial charge in [0.1, 0.15) is 5.75 Å². The van der Waals surface area contributed by atoms with E-state index in [1.54, 1.807) is 0 Å². The molecular weight excluding hydrogens is 327 g/mol. The van der Waals surface area contributed by atoms with Gasteiger partial charge in [-0.3, -0.25) is 0 Å². The van der Waals surface area contributed by atoms with Gasteiger partial charge in [-0.2, -0.15) is 13.2 Å². The number of rotatable bonds is 5. The van der Waals surface area contributed by atoms with E-state index in [9.17, 15) is 13.2 Å². The van der Waals surface area contributed by atoms with Gasteiger partial charge in [0.05, 0.1) is 12.2 Å². The standard InChI is InChI=1S/C20H28F3NO/c21-20(22,23)18-8-10-19(11-9-18)25-15-17-7-4-12-24(14-17)13-16-5-2-1-3-6-16/h8-11,16-17H,1-7,12-15H2. The van der Waals surface area contributed by atoms with Gasteiger partial charge >= 0.3 is 6.18 Å². The maximum Gasteiger partial charge on any atom is 0.416 e. The number of nitrogens with zero attached hydrogens (tertiary/aromatic N) is 1. The van der Waals surface area contributed by atoms with E-state index in [1.165, 1.54) is 63.7 Å². The molecule has 0 radical (unpaired) electrons. The lowest BCUT2D eigenvalue weighted by Crippen LogP contribution is -2.40. The first-order valence-corrected chi connectivity index (χ1v) is 9.53. The molecule has 1 saturated carbocycles. The molecule has 140 valence electrons. The van der Waals surface area contributed by atoms with Crippen LogP contribution in [0.4, 0.5) is 13.2 Å². The summed E-state index contributed by atoms with van der Waals surface area (Å²) in [6.07, 6.45) is 4.90. The van der Waals surface area contributed by atoms with Crippen molar-refractivity contribution in [2.75, 3.05) is 26.2 Å². The molecule has 0 bridgehead atoms. The molecule has 5 heteroatoms. The largest absolute Gasteiger partial charge is 0.493 e. The zero-order valence-corrected chi connectivity index (χ0v) is 14.7. The van der Waals surface area contributed by atoms with Gasteiger partial charge in [0.25, 0.3) is 0 Å². The number of piperidine rings is 1. The minimum absolute atomic E-state index is 0.472. The van der Waals surface area contributed by atoms with E-state index >= 15 is 0 Å². The van der Waals surface area contributed by atoms with Gasteiger partial charge in [0.2, 0.25) is 0 Å². The van der Waals surface area contributed by atoms with Crippen molar-refractivity contribution < 1.29 is 17.9 Å². The predicted molar refractivity (Wildman–Crippen MR) is 92.7 cm³/mol. The number of halogens is 3. The summed E-state index contributed by atoms with van der Waals surface area (Å²) in [5.41, 5.74) is -0.629. The highest BCUT2D eigenvalue weighted by molar-refractivity contribution is 5.28. The first kappa shape index (κ1) is 18.6. The number of hydrogen-bond acceptors (Lipinski definition) is 2. The SMILES string of the molecule is FC(F)(F)c1ccc(OCC2CCCN(CC3CCCCC3)C2)cc1. The Morgan fingerprint density at radius 3 is 2.28 bits per heavy atom. The third kappa shape index (κ3) is 5.63. The van der Waals surface area contributed by atoms with Crippen molar-refractivity contribution in [2.45, 2.75) is 51.1 Å². The van der Waals surface area contributed by atoms with Crippen LogP contribution in [0.5, 0.6) is 5.75 Å². The van der Waals surface area contributed by atoms with Crippen LogP contribution in [-0.2, 0) is 6.18 Å². The Labute approximate surface area is 148 Å². The third-order valence-corrected chi connectivity index (χ3v) is 5.51. The molecule has 3 rings (SSSR count). The van der Waals surface area contributed by atoms with E-state index in [0.29, 0.717) is 18.3 Å². The zero-order valence-electron chi connectivity index (χ0n) is 14.7. The second kappa shape index (κ2) is 8.43. The van der Waals surface area contributed by atoms with Crippen molar-refractivity contribution in [3.8, 4) is 5.75 Å². The molecule has 1 atom stereocenters. The Morgan fingerprint density at radius 1 is 0.920 bits per heavy atom. The zero-order chi connectivity index (χ0) is 17.7. The molecule has 1 saturated heterocycles. The molecule has 2 fully saturated rings. The summed E-state index contributed by atoms with van der Waals surface area (Å²) < 4.78 is 43.5. The molecule has 25 heavy (non-hydrogen) atoms. The highest BCUT2D eigenvalue weighted by atomic mass is 19.4. The maximum absolute atomic E-state index is 12.6. The molecule has 1 aliphatic carbocycles. The minimum Gasteiger partial charge on any atom is -0.493 e. The first-order valence-electron chi connectivity index (χ1n) is 9.53. The average molecular weight is 355 g/mol. The van der Waals surface area contributed by atoms with Crippen molar-refractivity contribution in [3.63, 3.8) is 0 Å². The number of hydrogen-bond donors (Lipinski definition) is 0. The summed E-state index contributed by atoms with van der Waals surface area (Å²) >= 11 is 0. The van der Waals surface area contributed by atoms with Crippen molar-refractivity contribution in [1.82, 2.24) is 4.90 Å². The molecule has 0 aromatic heterocycles. The summed E-state index contributed by atoms with van der Waals surface area (Å²) in [5, 5.41) is 0. The molecule has 1 aromatic carbocycles. The minimum atomic E-state index is -4.29. The number of alkyl halides is 3. The normalized spacial score (nSPS) is 23.6. The smallest absolute Gasteiger partial charge is 0.416 e. The monoisotopic (exact) mass is 355 g/mol. The van der Waals surface area contributed by atoms with Crippen molar-refractivity contribution in [2.24, 2.45) is 11.8 Å². The van der Waals surface area contributed by atoms with Gasteiger partial charge in [-0.1, -0.05) is 19.3 Å². The Balaban J connectivity index is 1.44. The van der Waals surface area contributed by atoms with Crippen LogP contribution in [-0.4, -0.2) is 31.1 Å². The summed E-state index contributed by atoms with van der Waals surface area (Å²) in [5.74, 6) is 1.85. The summed E-state index contributed by atoms with van der Waals surface area (Å²) in [6, 6.07) is 5.02. The molecule has 0 amide bonds. The van der Waals surface area contributed by atoms with Crippen molar-refractivity contribution in [1.29, 1.82) is 0 Å². The van der Waals surface area contributed by atoms with Crippen LogP contribution in [0.1, 0.15) is 50.5 Å². The second-order valence-corrected chi connectivity index (χ2v) is 7.61. The van der Waals surface area contributed by atoms with E-state index in [4.69, 9.17) is 4.74 Å². The molecule has 1 heterocycles. The summed E-state index contributed by atoms with van der Waals surface area (Å²) in [4.78, 5) is 2.57. The van der Waals surface area contributed by atoms with Crippen LogP contribution in [0.25, 0.3) is 0 Å². The van der Waals surface area contributed by atoms with Crippen LogP contribution in [0, 0.1) is 11.8 Å². The molecule has 1 unspecified atom stereocenters. The van der Waals surface area contributed by atoms with Crippen LogP contribution >= 0.6 is 0 Å². The second-order valence-electron chi connectivity index (χ2n) is 7.61. The topological polar surface area (TPSA) is 12.5 Å². The fourth-order valence-corrected chi connectivity index (χ4v) is 4.14. The Bertz CT molecular complexity index is 523. The lowest BCUT2D eigenvalue weighted by atomic mass is 9.88. The van der Waals surface area contributed by atoms with E-state index in [1.807, 2.05) is 0 Å². The Kier molecular flexibility index (Phi) is 6.26. The van der Waals surface area contributed by atoms with Gasteiger partial charge in [0, 0.05) is 19.0 Å². The quantitative estimate of drug-likeness (QED) is 0.703. The highest BCUT2D eigenvalue weighted by Crippen LogP contribution is 2.31. The lowest BCUT2D eigenvalue weighted by Gasteiger charge is -2.36. The van der Waals surface area contributed by atoms with E-state index in [0.717, 1.165) is 31.0 Å². The van der Waals surface area contributed by atoms with E-state index in [-0.39, 0.29) is 0 Å². The third-order valence-electron chi connectivity index (χ3n) is 5.51. The number of benzene rings is 1. The van der Waals surface area contributed by atoms with Gasteiger partial charge in [-0.05, 0) is 62.4 Å². The molecule has 2 aliphatic rings. The van der Waals surface area contributed by atoms with Crippen molar-refractivity contribution in [3.05, 3.63) is 29.8 Å². The summed E-state index contributed by atoms with van der Waals surface area (Å²) in [7, 11) is 0. The highest BCUT2D eigenvalue weighted by Gasteiger charge is 2.30. The number of ether oxygens (including phenoxy) is 1. The van der Waals surface area contributed by atoms with Gasteiger partial charge < -0.3 is 9.64 Å². The van der Waals surface area contributed by atoms with Gasteiger partial charge in [0.15, 0.2) is 0 Å². The Morgan fingerprint density at radius 2 is 1.60 bits per heavy atom. The number of likely N-dealkylation sites (tertiary alicyclic amines) is 1. The van der Waals surface area contributed by atoms with E-state index in [2.05, 4.69) is 4.90 Å². The van der Waals surface area contributed by atoms with Crippen LogP contribution < -0.4 is 4.74 Å². The molecule has 0 spiro atoms. The lowest BCUT2D eigenvalue weighted by molar-refractivity contribution is -0.137. The molecule has 0 N–H and O–H groups in total. The molecular formula is C20H28F3NO. The van der Waals surface area contributed by atoms with Gasteiger partial charge in [-0.15, -0.1) is 0 Å². The van der Waals surface area contributed by atoms with Gasteiger partial charge in [-0.25, -0.2) is 0 Å². The van der Waals surface area contributed by atoms with Crippen LogP contribution in [0.2, 0.25) is 0 Å². The average Bonchev–Trinajstić information content (AvgIpc) is 2.61. The van der Waals surface area contributed by atoms with Crippen molar-refractivity contribution >= 4 is 0 Å². The maximum atomic E-state index is 12.6. The Hall–Kier alpha value is -1.23. The molecule has 1 aliphatic heterocycles. The predicted octanol–water partition coefficient (Wildman–Crippen LogP) is 5.38. The van der Waals surface area contributed by atoms with Crippen LogP contribution in [0.3, 0.4) is 0 Å². The fourth-order valence-electron chi connectivity index (χ4n) is 4.14.